The summed E-state index contributed by atoms with van der Waals surface area (Å²) in [7, 11) is 0. The molecule has 0 aliphatic rings. The lowest BCUT2D eigenvalue weighted by molar-refractivity contribution is -0.119. The molecule has 24 heavy (non-hydrogen) atoms. The maximum Gasteiger partial charge on any atom is 0.149 e. The maximum atomic E-state index is 13.9. The summed E-state index contributed by atoms with van der Waals surface area (Å²) in [6.45, 7) is 0. The Bertz CT molecular complexity index is 797. The van der Waals surface area contributed by atoms with Crippen LogP contribution in [0.3, 0.4) is 0 Å². The summed E-state index contributed by atoms with van der Waals surface area (Å²) in [4.78, 5) is 16.6. The number of pyridine rings is 1. The molecule has 0 bridgehead atoms. The molecule has 2 aromatic carbocycles. The summed E-state index contributed by atoms with van der Waals surface area (Å²) in [6, 6.07) is 20.4. The van der Waals surface area contributed by atoms with Crippen molar-refractivity contribution in [1.82, 2.24) is 4.98 Å². The molecule has 120 valence electrons. The predicted octanol–water partition coefficient (Wildman–Crippen LogP) is 4.82. The number of carbonyl (C=O) groups is 1. The van der Waals surface area contributed by atoms with Gasteiger partial charge in [0.25, 0.3) is 0 Å². The Morgan fingerprint density at radius 1 is 1.00 bits per heavy atom. The van der Waals surface area contributed by atoms with Crippen molar-refractivity contribution < 1.29 is 9.18 Å². The number of hydrogen-bond acceptors (Lipinski definition) is 2. The van der Waals surface area contributed by atoms with E-state index in [9.17, 15) is 9.18 Å². The Hall–Kier alpha value is -2.52. The molecule has 3 rings (SSSR count). The van der Waals surface area contributed by atoms with Gasteiger partial charge in [-0.25, -0.2) is 9.37 Å². The van der Waals surface area contributed by atoms with Crippen molar-refractivity contribution in [3.05, 3.63) is 101 Å². The molecule has 0 saturated heterocycles. The minimum Gasteiger partial charge on any atom is -0.298 e. The van der Waals surface area contributed by atoms with Gasteiger partial charge in [0.05, 0.1) is 12.1 Å². The van der Waals surface area contributed by atoms with Crippen molar-refractivity contribution in [2.24, 2.45) is 0 Å². The minimum atomic E-state index is -0.521. The van der Waals surface area contributed by atoms with E-state index in [0.717, 1.165) is 17.3 Å². The first kappa shape index (κ1) is 16.3. The van der Waals surface area contributed by atoms with Gasteiger partial charge in [0.2, 0.25) is 0 Å². The normalized spacial score (nSPS) is 10.8. The average Bonchev–Trinajstić information content (AvgIpc) is 2.60. The highest BCUT2D eigenvalue weighted by molar-refractivity contribution is 6.29. The fraction of sp³-hybridized carbons (Fsp3) is 0.100. The van der Waals surface area contributed by atoms with E-state index in [4.69, 9.17) is 11.6 Å². The lowest BCUT2D eigenvalue weighted by atomic mass is 9.85. The Morgan fingerprint density at radius 2 is 1.54 bits per heavy atom. The number of ketones is 1. The number of aromatic nitrogens is 1. The fourth-order valence-corrected chi connectivity index (χ4v) is 2.91. The number of halogens is 2. The molecule has 0 spiro atoms. The zero-order chi connectivity index (χ0) is 16.9. The molecule has 4 heteroatoms. The van der Waals surface area contributed by atoms with Crippen molar-refractivity contribution in [2.45, 2.75) is 12.3 Å². The van der Waals surface area contributed by atoms with Crippen LogP contribution in [0.15, 0.2) is 72.9 Å². The van der Waals surface area contributed by atoms with Crippen LogP contribution < -0.4 is 0 Å². The van der Waals surface area contributed by atoms with Crippen LogP contribution in [0, 0.1) is 5.82 Å². The fourth-order valence-electron chi connectivity index (χ4n) is 2.73. The first-order chi connectivity index (χ1) is 11.6. The summed E-state index contributed by atoms with van der Waals surface area (Å²) < 4.78 is 13.9. The first-order valence-electron chi connectivity index (χ1n) is 7.57. The zero-order valence-electron chi connectivity index (χ0n) is 12.8. The van der Waals surface area contributed by atoms with E-state index >= 15 is 0 Å². The van der Waals surface area contributed by atoms with Crippen LogP contribution in [-0.2, 0) is 11.2 Å². The molecule has 0 unspecified atom stereocenters. The lowest BCUT2D eigenvalue weighted by Gasteiger charge is -2.17. The van der Waals surface area contributed by atoms with Crippen LogP contribution in [0.5, 0.6) is 0 Å². The highest BCUT2D eigenvalue weighted by atomic mass is 35.5. The predicted molar refractivity (Wildman–Crippen MR) is 92.6 cm³/mol. The summed E-state index contributed by atoms with van der Waals surface area (Å²) in [6.07, 6.45) is 1.01. The van der Waals surface area contributed by atoms with Gasteiger partial charge >= 0.3 is 0 Å². The van der Waals surface area contributed by atoms with Crippen LogP contribution in [0.2, 0.25) is 5.15 Å². The molecule has 3 aromatic rings. The van der Waals surface area contributed by atoms with E-state index < -0.39 is 11.7 Å². The smallest absolute Gasteiger partial charge is 0.149 e. The molecule has 1 heterocycles. The molecule has 0 aliphatic heterocycles. The first-order valence-corrected chi connectivity index (χ1v) is 7.95. The van der Waals surface area contributed by atoms with Gasteiger partial charge in [0.15, 0.2) is 0 Å². The monoisotopic (exact) mass is 339 g/mol. The Labute approximate surface area is 144 Å². The van der Waals surface area contributed by atoms with Crippen molar-refractivity contribution in [3.8, 4) is 0 Å². The molecule has 0 amide bonds. The van der Waals surface area contributed by atoms with E-state index in [0.29, 0.717) is 0 Å². The number of carbonyl (C=O) groups excluding carboxylic acids is 1. The van der Waals surface area contributed by atoms with Crippen molar-refractivity contribution >= 4 is 17.4 Å². The highest BCUT2D eigenvalue weighted by Gasteiger charge is 2.23. The van der Waals surface area contributed by atoms with E-state index in [1.165, 1.54) is 6.07 Å². The van der Waals surface area contributed by atoms with E-state index in [2.05, 4.69) is 4.98 Å². The number of benzene rings is 2. The molecule has 0 saturated carbocycles. The standard InChI is InChI=1S/C20H15ClFNO/c21-19-12-16(17(22)13-23-19)11-18(24)20(14-7-3-1-4-8-14)15-9-5-2-6-10-15/h1-10,12-13,20H,11H2. The minimum absolute atomic E-state index is 0.0392. The van der Waals surface area contributed by atoms with Crippen molar-refractivity contribution in [3.63, 3.8) is 0 Å². The summed E-state index contributed by atoms with van der Waals surface area (Å²) >= 11 is 5.82. The van der Waals surface area contributed by atoms with Gasteiger partial charge in [-0.15, -0.1) is 0 Å². The number of nitrogens with zero attached hydrogens (tertiary/aromatic N) is 1. The van der Waals surface area contributed by atoms with Crippen LogP contribution >= 0.6 is 11.6 Å². The third-order valence-corrected chi connectivity index (χ3v) is 4.06. The van der Waals surface area contributed by atoms with E-state index in [1.54, 1.807) is 0 Å². The van der Waals surface area contributed by atoms with Gasteiger partial charge < -0.3 is 0 Å². The Morgan fingerprint density at radius 3 is 2.08 bits per heavy atom. The molecule has 0 radical (unpaired) electrons. The average molecular weight is 340 g/mol. The van der Waals surface area contributed by atoms with Gasteiger partial charge in [-0.3, -0.25) is 4.79 Å². The topological polar surface area (TPSA) is 30.0 Å². The summed E-state index contributed by atoms with van der Waals surface area (Å²) in [5.74, 6) is -1.06. The molecular formula is C20H15ClFNO. The van der Waals surface area contributed by atoms with Crippen LogP contribution in [-0.4, -0.2) is 10.8 Å². The molecule has 0 fully saturated rings. The molecule has 0 atom stereocenters. The molecule has 0 N–H and O–H groups in total. The lowest BCUT2D eigenvalue weighted by Crippen LogP contribution is -2.17. The third kappa shape index (κ3) is 3.69. The van der Waals surface area contributed by atoms with Gasteiger partial charge in [-0.05, 0) is 22.8 Å². The Balaban J connectivity index is 1.97. The van der Waals surface area contributed by atoms with Crippen LogP contribution in [0.25, 0.3) is 0 Å². The SMILES string of the molecule is O=C(Cc1cc(Cl)ncc1F)C(c1ccccc1)c1ccccc1. The number of hydrogen-bond donors (Lipinski definition) is 0. The highest BCUT2D eigenvalue weighted by Crippen LogP contribution is 2.27. The summed E-state index contributed by atoms with van der Waals surface area (Å²) in [5, 5.41) is 0.176. The van der Waals surface area contributed by atoms with Crippen molar-refractivity contribution in [1.29, 1.82) is 0 Å². The summed E-state index contributed by atoms with van der Waals surface area (Å²) in [5.41, 5.74) is 2.03. The van der Waals surface area contributed by atoms with Gasteiger partial charge in [-0.1, -0.05) is 72.3 Å². The van der Waals surface area contributed by atoms with Gasteiger partial charge in [0, 0.05) is 6.42 Å². The van der Waals surface area contributed by atoms with Gasteiger partial charge in [-0.2, -0.15) is 0 Å². The van der Waals surface area contributed by atoms with Crippen molar-refractivity contribution in [2.75, 3.05) is 0 Å². The molecular weight excluding hydrogens is 325 g/mol. The zero-order valence-corrected chi connectivity index (χ0v) is 13.6. The number of Topliss-reactive ketones (excluding diaryl/α,β-unsaturated/α-hetero) is 1. The van der Waals surface area contributed by atoms with E-state index in [-0.39, 0.29) is 22.9 Å². The van der Waals surface area contributed by atoms with E-state index in [1.807, 2.05) is 60.7 Å². The Kier molecular flexibility index (Phi) is 5.02. The molecule has 2 nitrogen and oxygen atoms in total. The second kappa shape index (κ2) is 7.37. The van der Waals surface area contributed by atoms with Gasteiger partial charge in [0.1, 0.15) is 16.8 Å². The number of rotatable bonds is 5. The van der Waals surface area contributed by atoms with Crippen LogP contribution in [0.1, 0.15) is 22.6 Å². The molecule has 0 aliphatic carbocycles. The quantitative estimate of drug-likeness (QED) is 0.624. The second-order valence-corrected chi connectivity index (χ2v) is 5.88. The second-order valence-electron chi connectivity index (χ2n) is 5.50. The largest absolute Gasteiger partial charge is 0.298 e. The molecule has 1 aromatic heterocycles. The third-order valence-electron chi connectivity index (χ3n) is 3.85. The maximum absolute atomic E-state index is 13.9. The van der Waals surface area contributed by atoms with Crippen LogP contribution in [0.4, 0.5) is 4.39 Å².